The highest BCUT2D eigenvalue weighted by Crippen LogP contribution is 2.42. The molecule has 1 saturated heterocycles. The number of Topliss-reactive ketones (excluding diaryl/α,β-unsaturated/α-hetero) is 1. The average Bonchev–Trinajstić information content (AvgIpc) is 3.17. The van der Waals surface area contributed by atoms with Gasteiger partial charge >= 0.3 is 6.09 Å². The Morgan fingerprint density at radius 2 is 1.59 bits per heavy atom. The van der Waals surface area contributed by atoms with E-state index in [1.54, 1.807) is 9.80 Å². The Hall–Kier alpha value is -3.10. The number of nitrogens with zero attached hydrogens (tertiary/aromatic N) is 3. The number of carbonyl (C=O) groups is 3. The molecule has 2 heterocycles. The molecule has 0 aromatic heterocycles. The third-order valence-corrected chi connectivity index (χ3v) is 7.38. The first kappa shape index (κ1) is 30.4. The summed E-state index contributed by atoms with van der Waals surface area (Å²) in [6.45, 7) is 18.1. The number of amidine groups is 1. The van der Waals surface area contributed by atoms with Gasteiger partial charge in [-0.15, -0.1) is 0 Å². The van der Waals surface area contributed by atoms with Crippen molar-refractivity contribution in [3.05, 3.63) is 27.8 Å². The van der Waals surface area contributed by atoms with E-state index in [1.807, 2.05) is 41.5 Å². The first-order valence-corrected chi connectivity index (χ1v) is 14.0. The van der Waals surface area contributed by atoms with E-state index in [-0.39, 0.29) is 29.8 Å². The zero-order chi connectivity index (χ0) is 29.1. The Bertz CT molecular complexity index is 1140. The number of piperazine rings is 1. The van der Waals surface area contributed by atoms with Crippen molar-refractivity contribution in [2.75, 3.05) is 32.7 Å². The normalized spacial score (nSPS) is 17.1. The summed E-state index contributed by atoms with van der Waals surface area (Å²) in [5.41, 5.74) is 10.1. The van der Waals surface area contributed by atoms with Crippen LogP contribution in [0.5, 0.6) is 5.75 Å². The highest BCUT2D eigenvalue weighted by atomic mass is 16.6. The second-order valence-corrected chi connectivity index (χ2v) is 12.4. The second-order valence-electron chi connectivity index (χ2n) is 12.4. The average molecular weight is 543 g/mol. The standard InChI is InChI=1S/C30H46N4O5/c1-19-20(2)27-22(18-30(7,8)38-27)21(3)26(19)23(35)17-24(31)32-12-10-9-11-25(36)33-13-15-34(16-14-33)28(37)39-29(4,5)6/h9-18H2,1-8H3,(H2,31,32). The third-order valence-electron chi connectivity index (χ3n) is 7.38. The number of rotatable bonds is 8. The van der Waals surface area contributed by atoms with Crippen LogP contribution in [-0.4, -0.2) is 77.3 Å². The summed E-state index contributed by atoms with van der Waals surface area (Å²) in [4.78, 5) is 45.9. The van der Waals surface area contributed by atoms with Crippen molar-refractivity contribution < 1.29 is 23.9 Å². The first-order chi connectivity index (χ1) is 18.1. The molecule has 2 amide bonds. The lowest BCUT2D eigenvalue weighted by atomic mass is 9.87. The van der Waals surface area contributed by atoms with Crippen LogP contribution in [0.4, 0.5) is 4.79 Å². The van der Waals surface area contributed by atoms with E-state index in [0.717, 1.165) is 40.0 Å². The number of aliphatic imine (C=N–C) groups is 1. The van der Waals surface area contributed by atoms with Crippen LogP contribution in [0.15, 0.2) is 4.99 Å². The zero-order valence-electron chi connectivity index (χ0n) is 25.0. The summed E-state index contributed by atoms with van der Waals surface area (Å²) >= 11 is 0. The number of hydrogen-bond acceptors (Lipinski definition) is 6. The molecule has 0 spiro atoms. The number of nitrogens with two attached hydrogens (primary N) is 1. The van der Waals surface area contributed by atoms with Crippen molar-refractivity contribution in [2.24, 2.45) is 10.7 Å². The van der Waals surface area contributed by atoms with Crippen LogP contribution in [0.3, 0.4) is 0 Å². The molecule has 2 N–H and O–H groups in total. The molecule has 9 nitrogen and oxygen atoms in total. The van der Waals surface area contributed by atoms with E-state index < -0.39 is 5.60 Å². The number of hydrogen-bond donors (Lipinski definition) is 1. The van der Waals surface area contributed by atoms with Gasteiger partial charge in [-0.25, -0.2) is 4.79 Å². The van der Waals surface area contributed by atoms with Crippen LogP contribution in [0.2, 0.25) is 0 Å². The van der Waals surface area contributed by atoms with Crippen LogP contribution in [0.1, 0.15) is 92.9 Å². The molecule has 9 heteroatoms. The summed E-state index contributed by atoms with van der Waals surface area (Å²) in [5, 5.41) is 0. The lowest BCUT2D eigenvalue weighted by molar-refractivity contribution is -0.133. The van der Waals surface area contributed by atoms with E-state index in [2.05, 4.69) is 18.8 Å². The quantitative estimate of drug-likeness (QED) is 0.224. The number of ketones is 1. The summed E-state index contributed by atoms with van der Waals surface area (Å²) < 4.78 is 11.6. The van der Waals surface area contributed by atoms with Gasteiger partial charge in [-0.2, -0.15) is 0 Å². The summed E-state index contributed by atoms with van der Waals surface area (Å²) in [6.07, 6.45) is 2.33. The summed E-state index contributed by atoms with van der Waals surface area (Å²) in [7, 11) is 0. The molecule has 39 heavy (non-hydrogen) atoms. The Kier molecular flexibility index (Phi) is 9.34. The van der Waals surface area contributed by atoms with Gasteiger partial charge in [-0.05, 0) is 84.9 Å². The van der Waals surface area contributed by atoms with E-state index in [1.165, 1.54) is 0 Å². The maximum atomic E-state index is 13.2. The van der Waals surface area contributed by atoms with Gasteiger partial charge < -0.3 is 25.0 Å². The molecule has 2 aliphatic rings. The molecular weight excluding hydrogens is 496 g/mol. The van der Waals surface area contributed by atoms with E-state index in [9.17, 15) is 14.4 Å². The smallest absolute Gasteiger partial charge is 0.410 e. The fraction of sp³-hybridized carbons (Fsp3) is 0.667. The van der Waals surface area contributed by atoms with E-state index >= 15 is 0 Å². The molecule has 0 atom stereocenters. The maximum Gasteiger partial charge on any atom is 0.410 e. The molecule has 1 aromatic rings. The van der Waals surface area contributed by atoms with Crippen LogP contribution in [0, 0.1) is 20.8 Å². The molecule has 3 rings (SSSR count). The van der Waals surface area contributed by atoms with Crippen LogP contribution >= 0.6 is 0 Å². The molecule has 1 fully saturated rings. The SMILES string of the molecule is Cc1c(C)c(C(=O)CC(N)=NCCCCC(=O)N2CCN(C(=O)OC(C)(C)C)CC2)c(C)c2c1OC(C)(C)C2. The van der Waals surface area contributed by atoms with Crippen molar-refractivity contribution in [3.63, 3.8) is 0 Å². The molecular formula is C30H46N4O5. The van der Waals surface area contributed by atoms with Gasteiger partial charge in [0, 0.05) is 56.7 Å². The van der Waals surface area contributed by atoms with Crippen LogP contribution < -0.4 is 10.5 Å². The van der Waals surface area contributed by atoms with Gasteiger partial charge in [0.15, 0.2) is 5.78 Å². The highest BCUT2D eigenvalue weighted by Gasteiger charge is 2.35. The Morgan fingerprint density at radius 1 is 0.974 bits per heavy atom. The number of ether oxygens (including phenoxy) is 2. The van der Waals surface area contributed by atoms with Gasteiger partial charge in [0.1, 0.15) is 22.8 Å². The molecule has 1 aromatic carbocycles. The maximum absolute atomic E-state index is 13.2. The lowest BCUT2D eigenvalue weighted by Crippen LogP contribution is -2.51. The minimum absolute atomic E-state index is 0.0254. The van der Waals surface area contributed by atoms with Crippen LogP contribution in [-0.2, 0) is 16.0 Å². The molecule has 0 saturated carbocycles. The Balaban J connectivity index is 1.43. The number of carbonyl (C=O) groups excluding carboxylic acids is 3. The number of benzene rings is 1. The van der Waals surface area contributed by atoms with Crippen molar-refractivity contribution in [3.8, 4) is 5.75 Å². The molecule has 2 aliphatic heterocycles. The van der Waals surface area contributed by atoms with E-state index in [0.29, 0.717) is 57.8 Å². The fourth-order valence-corrected chi connectivity index (χ4v) is 5.24. The van der Waals surface area contributed by atoms with Crippen molar-refractivity contribution >= 4 is 23.6 Å². The second kappa shape index (κ2) is 12.0. The lowest BCUT2D eigenvalue weighted by Gasteiger charge is -2.35. The highest BCUT2D eigenvalue weighted by molar-refractivity contribution is 6.10. The monoisotopic (exact) mass is 542 g/mol. The van der Waals surface area contributed by atoms with Crippen molar-refractivity contribution in [2.45, 2.75) is 98.7 Å². The predicted molar refractivity (Wildman–Crippen MR) is 153 cm³/mol. The molecule has 0 radical (unpaired) electrons. The number of unbranched alkanes of at least 4 members (excludes halogenated alkanes) is 1. The van der Waals surface area contributed by atoms with Gasteiger partial charge in [0.2, 0.25) is 5.91 Å². The topological polar surface area (TPSA) is 115 Å². The first-order valence-electron chi connectivity index (χ1n) is 14.0. The van der Waals surface area contributed by atoms with Gasteiger partial charge in [-0.1, -0.05) is 0 Å². The zero-order valence-corrected chi connectivity index (χ0v) is 25.0. The Labute approximate surface area is 233 Å². The summed E-state index contributed by atoms with van der Waals surface area (Å²) in [5.74, 6) is 1.28. The van der Waals surface area contributed by atoms with Gasteiger partial charge in [0.05, 0.1) is 6.42 Å². The minimum Gasteiger partial charge on any atom is -0.487 e. The Morgan fingerprint density at radius 3 is 2.21 bits per heavy atom. The molecule has 0 unspecified atom stereocenters. The molecule has 216 valence electrons. The fourth-order valence-electron chi connectivity index (χ4n) is 5.24. The third kappa shape index (κ3) is 7.73. The van der Waals surface area contributed by atoms with Gasteiger partial charge in [-0.3, -0.25) is 14.6 Å². The van der Waals surface area contributed by atoms with Crippen molar-refractivity contribution in [1.82, 2.24) is 9.80 Å². The van der Waals surface area contributed by atoms with Crippen LogP contribution in [0.25, 0.3) is 0 Å². The van der Waals surface area contributed by atoms with Crippen molar-refractivity contribution in [1.29, 1.82) is 0 Å². The summed E-state index contributed by atoms with van der Waals surface area (Å²) in [6, 6.07) is 0. The molecule has 0 aliphatic carbocycles. The number of fused-ring (bicyclic) bond motifs is 1. The minimum atomic E-state index is -0.533. The largest absolute Gasteiger partial charge is 0.487 e. The van der Waals surface area contributed by atoms with Gasteiger partial charge in [0.25, 0.3) is 0 Å². The predicted octanol–water partition coefficient (Wildman–Crippen LogP) is 4.50. The molecule has 0 bridgehead atoms. The number of amides is 2. The van der Waals surface area contributed by atoms with E-state index in [4.69, 9.17) is 15.2 Å².